The molecule has 0 aliphatic heterocycles. The quantitative estimate of drug-likeness (QED) is 0.419. The van der Waals surface area contributed by atoms with Crippen LogP contribution in [-0.2, 0) is 9.53 Å². The Bertz CT molecular complexity index is 320. The van der Waals surface area contributed by atoms with E-state index < -0.39 is 0 Å². The molecule has 80 valence electrons. The number of esters is 1. The molecular weight excluding hydrogens is 190 g/mol. The average Bonchev–Trinajstić information content (AvgIpc) is 2.29. The van der Waals surface area contributed by atoms with Gasteiger partial charge in [-0.05, 0) is 12.0 Å². The number of hydrogen-bond acceptors (Lipinski definition) is 3. The van der Waals surface area contributed by atoms with E-state index in [0.717, 1.165) is 12.0 Å². The lowest BCUT2D eigenvalue weighted by molar-refractivity contribution is -0.140. The van der Waals surface area contributed by atoms with Crippen molar-refractivity contribution in [1.29, 1.82) is 0 Å². The highest BCUT2D eigenvalue weighted by molar-refractivity contribution is 5.79. The van der Waals surface area contributed by atoms with Gasteiger partial charge in [0.1, 0.15) is 0 Å². The van der Waals surface area contributed by atoms with Crippen LogP contribution in [0.3, 0.4) is 0 Å². The fourth-order valence-electron chi connectivity index (χ4n) is 1.13. The number of rotatable bonds is 5. The third-order valence-electron chi connectivity index (χ3n) is 1.94. The molecule has 0 amide bonds. The predicted molar refractivity (Wildman–Crippen MR) is 60.2 cm³/mol. The van der Waals surface area contributed by atoms with Crippen molar-refractivity contribution in [3.63, 3.8) is 0 Å². The predicted octanol–water partition coefficient (Wildman–Crippen LogP) is 2.06. The number of ether oxygens (including phenoxy) is 1. The molecule has 1 aromatic rings. The highest BCUT2D eigenvalue weighted by Gasteiger charge is 1.97. The Balaban J connectivity index is 2.20. The number of methoxy groups -OCH3 is 1. The molecule has 0 N–H and O–H groups in total. The molecule has 1 aromatic carbocycles. The average molecular weight is 205 g/mol. The van der Waals surface area contributed by atoms with Gasteiger partial charge in [0.05, 0.1) is 7.11 Å². The lowest BCUT2D eigenvalue weighted by Gasteiger charge is -1.96. The summed E-state index contributed by atoms with van der Waals surface area (Å²) in [6, 6.07) is 9.88. The SMILES string of the molecule is COC(=O)CCCN=Cc1ccccc1. The number of hydrogen-bond donors (Lipinski definition) is 0. The topological polar surface area (TPSA) is 38.7 Å². The van der Waals surface area contributed by atoms with E-state index in [2.05, 4.69) is 9.73 Å². The largest absolute Gasteiger partial charge is 0.469 e. The molecule has 0 saturated carbocycles. The van der Waals surface area contributed by atoms with Crippen LogP contribution in [-0.4, -0.2) is 25.8 Å². The molecule has 0 heterocycles. The lowest BCUT2D eigenvalue weighted by atomic mass is 10.2. The Morgan fingerprint density at radius 3 is 2.80 bits per heavy atom. The van der Waals surface area contributed by atoms with Crippen molar-refractivity contribution in [3.05, 3.63) is 35.9 Å². The summed E-state index contributed by atoms with van der Waals surface area (Å²) >= 11 is 0. The Labute approximate surface area is 89.8 Å². The van der Waals surface area contributed by atoms with Gasteiger partial charge in [0, 0.05) is 19.2 Å². The Morgan fingerprint density at radius 2 is 2.13 bits per heavy atom. The first-order chi connectivity index (χ1) is 7.33. The van der Waals surface area contributed by atoms with Gasteiger partial charge >= 0.3 is 5.97 Å². The molecule has 3 heteroatoms. The molecule has 0 spiro atoms. The molecule has 3 nitrogen and oxygen atoms in total. The molecule has 0 aliphatic carbocycles. The number of nitrogens with zero attached hydrogens (tertiary/aromatic N) is 1. The monoisotopic (exact) mass is 205 g/mol. The molecule has 0 atom stereocenters. The van der Waals surface area contributed by atoms with Gasteiger partial charge in [-0.2, -0.15) is 0 Å². The van der Waals surface area contributed by atoms with Crippen molar-refractivity contribution in [2.75, 3.05) is 13.7 Å². The van der Waals surface area contributed by atoms with E-state index in [4.69, 9.17) is 0 Å². The number of carbonyl (C=O) groups is 1. The zero-order chi connectivity index (χ0) is 10.9. The highest BCUT2D eigenvalue weighted by Crippen LogP contribution is 1.96. The van der Waals surface area contributed by atoms with Gasteiger partial charge in [-0.3, -0.25) is 9.79 Å². The minimum Gasteiger partial charge on any atom is -0.469 e. The zero-order valence-corrected chi connectivity index (χ0v) is 8.85. The first-order valence-corrected chi connectivity index (χ1v) is 4.94. The summed E-state index contributed by atoms with van der Waals surface area (Å²) in [7, 11) is 1.40. The van der Waals surface area contributed by atoms with Crippen LogP contribution in [0.15, 0.2) is 35.3 Å². The first kappa shape index (κ1) is 11.4. The van der Waals surface area contributed by atoms with Gasteiger partial charge < -0.3 is 4.74 Å². The maximum atomic E-state index is 10.8. The normalized spacial score (nSPS) is 10.5. The van der Waals surface area contributed by atoms with Gasteiger partial charge in [-0.25, -0.2) is 0 Å². The summed E-state index contributed by atoms with van der Waals surface area (Å²) in [4.78, 5) is 15.0. The van der Waals surface area contributed by atoms with E-state index in [1.54, 1.807) is 0 Å². The zero-order valence-electron chi connectivity index (χ0n) is 8.85. The molecule has 0 unspecified atom stereocenters. The van der Waals surface area contributed by atoms with Crippen molar-refractivity contribution in [1.82, 2.24) is 0 Å². The molecule has 0 fully saturated rings. The van der Waals surface area contributed by atoms with Crippen LogP contribution < -0.4 is 0 Å². The van der Waals surface area contributed by atoms with Gasteiger partial charge in [-0.1, -0.05) is 30.3 Å². The number of benzene rings is 1. The van der Waals surface area contributed by atoms with Crippen LogP contribution >= 0.6 is 0 Å². The Morgan fingerprint density at radius 1 is 1.40 bits per heavy atom. The molecule has 0 radical (unpaired) electrons. The smallest absolute Gasteiger partial charge is 0.305 e. The second-order valence-electron chi connectivity index (χ2n) is 3.13. The van der Waals surface area contributed by atoms with Crippen molar-refractivity contribution < 1.29 is 9.53 Å². The van der Waals surface area contributed by atoms with Gasteiger partial charge in [0.15, 0.2) is 0 Å². The Kier molecular flexibility index (Phi) is 5.15. The second-order valence-corrected chi connectivity index (χ2v) is 3.13. The van der Waals surface area contributed by atoms with E-state index in [1.807, 2.05) is 36.5 Å². The minimum absolute atomic E-state index is 0.176. The molecule has 0 saturated heterocycles. The third-order valence-corrected chi connectivity index (χ3v) is 1.94. The molecule has 0 bridgehead atoms. The van der Waals surface area contributed by atoms with Crippen LogP contribution in [0, 0.1) is 0 Å². The molecule has 0 aromatic heterocycles. The second kappa shape index (κ2) is 6.76. The summed E-state index contributed by atoms with van der Waals surface area (Å²) in [6.45, 7) is 0.657. The van der Waals surface area contributed by atoms with E-state index in [9.17, 15) is 4.79 Å². The van der Waals surface area contributed by atoms with E-state index in [-0.39, 0.29) is 5.97 Å². The Hall–Kier alpha value is -1.64. The lowest BCUT2D eigenvalue weighted by Crippen LogP contribution is -2.00. The van der Waals surface area contributed by atoms with E-state index in [0.29, 0.717) is 13.0 Å². The number of aliphatic imine (C=N–C) groups is 1. The fraction of sp³-hybridized carbons (Fsp3) is 0.333. The van der Waals surface area contributed by atoms with Crippen molar-refractivity contribution in [2.24, 2.45) is 4.99 Å². The van der Waals surface area contributed by atoms with Crippen molar-refractivity contribution in [3.8, 4) is 0 Å². The molecule has 0 aliphatic rings. The van der Waals surface area contributed by atoms with Gasteiger partial charge in [0.2, 0.25) is 0 Å². The summed E-state index contributed by atoms with van der Waals surface area (Å²) in [5, 5.41) is 0. The summed E-state index contributed by atoms with van der Waals surface area (Å²) < 4.78 is 4.52. The maximum absolute atomic E-state index is 10.8. The van der Waals surface area contributed by atoms with Crippen molar-refractivity contribution in [2.45, 2.75) is 12.8 Å². The van der Waals surface area contributed by atoms with Gasteiger partial charge in [-0.15, -0.1) is 0 Å². The summed E-state index contributed by atoms with van der Waals surface area (Å²) in [5.41, 5.74) is 1.08. The summed E-state index contributed by atoms with van der Waals surface area (Å²) in [5.74, 6) is -0.176. The third kappa shape index (κ3) is 4.96. The van der Waals surface area contributed by atoms with Crippen LogP contribution in [0.2, 0.25) is 0 Å². The van der Waals surface area contributed by atoms with Crippen LogP contribution in [0.4, 0.5) is 0 Å². The van der Waals surface area contributed by atoms with E-state index >= 15 is 0 Å². The van der Waals surface area contributed by atoms with Crippen LogP contribution in [0.25, 0.3) is 0 Å². The van der Waals surface area contributed by atoms with Crippen molar-refractivity contribution >= 4 is 12.2 Å². The molecule has 15 heavy (non-hydrogen) atoms. The standard InChI is InChI=1S/C12H15NO2/c1-15-12(14)8-5-9-13-10-11-6-3-2-4-7-11/h2-4,6-7,10H,5,8-9H2,1H3. The van der Waals surface area contributed by atoms with Gasteiger partial charge in [0.25, 0.3) is 0 Å². The maximum Gasteiger partial charge on any atom is 0.305 e. The van der Waals surface area contributed by atoms with Crippen LogP contribution in [0.1, 0.15) is 18.4 Å². The minimum atomic E-state index is -0.176. The molecular formula is C12H15NO2. The highest BCUT2D eigenvalue weighted by atomic mass is 16.5. The summed E-state index contributed by atoms with van der Waals surface area (Å²) in [6.07, 6.45) is 2.98. The fourth-order valence-corrected chi connectivity index (χ4v) is 1.13. The first-order valence-electron chi connectivity index (χ1n) is 4.94. The number of carbonyl (C=O) groups excluding carboxylic acids is 1. The van der Waals surface area contributed by atoms with E-state index in [1.165, 1.54) is 7.11 Å². The molecule has 1 rings (SSSR count). The van der Waals surface area contributed by atoms with Crippen LogP contribution in [0.5, 0.6) is 0 Å².